The van der Waals surface area contributed by atoms with Gasteiger partial charge in [0.05, 0.1) is 26.2 Å². The maximum atomic E-state index is 12.5. The number of benzene rings is 1. The fraction of sp³-hybridized carbons (Fsp3) is 0.429. The minimum atomic E-state index is -0.476. The number of carbonyl (C=O) groups is 2. The molecule has 0 aliphatic carbocycles. The van der Waals surface area contributed by atoms with Crippen LogP contribution >= 0.6 is 0 Å². The molecule has 0 aliphatic heterocycles. The molecule has 0 unspecified atom stereocenters. The van der Waals surface area contributed by atoms with E-state index in [0.717, 1.165) is 22.2 Å². The number of nitrogens with zero attached hydrogens (tertiary/aromatic N) is 1. The summed E-state index contributed by atoms with van der Waals surface area (Å²) in [5.74, 6) is -0.819. The Kier molecular flexibility index (Phi) is 8.22. The second-order valence-corrected chi connectivity index (χ2v) is 6.22. The molecule has 2 rings (SSSR count). The summed E-state index contributed by atoms with van der Waals surface area (Å²) in [5.41, 5.74) is 2.50. The minimum absolute atomic E-state index is 0.0532. The molecule has 0 bridgehead atoms. The van der Waals surface area contributed by atoms with E-state index in [0.29, 0.717) is 6.61 Å². The zero-order chi connectivity index (χ0) is 20.5. The Morgan fingerprint density at radius 2 is 1.82 bits per heavy atom. The summed E-state index contributed by atoms with van der Waals surface area (Å²) < 4.78 is 22.5. The van der Waals surface area contributed by atoms with Crippen LogP contribution in [0.25, 0.3) is 17.0 Å². The van der Waals surface area contributed by atoms with Crippen LogP contribution in [0.5, 0.6) is 0 Å². The van der Waals surface area contributed by atoms with Gasteiger partial charge in [-0.1, -0.05) is 18.2 Å². The molecular formula is C21H27NO6. The number of carbonyl (C=O) groups excluding carboxylic acids is 2. The summed E-state index contributed by atoms with van der Waals surface area (Å²) in [6.07, 6.45) is 2.64. The van der Waals surface area contributed by atoms with E-state index in [4.69, 9.17) is 18.9 Å². The highest BCUT2D eigenvalue weighted by molar-refractivity contribution is 5.96. The Balaban J connectivity index is 2.32. The van der Waals surface area contributed by atoms with E-state index >= 15 is 0 Å². The number of aromatic nitrogens is 1. The van der Waals surface area contributed by atoms with Crippen molar-refractivity contribution < 1.29 is 28.5 Å². The van der Waals surface area contributed by atoms with E-state index < -0.39 is 18.0 Å². The maximum absolute atomic E-state index is 12.5. The molecule has 0 fully saturated rings. The van der Waals surface area contributed by atoms with Crippen molar-refractivity contribution in [3.05, 3.63) is 41.6 Å². The largest absolute Gasteiger partial charge is 0.463 e. The fourth-order valence-corrected chi connectivity index (χ4v) is 3.07. The van der Waals surface area contributed by atoms with Gasteiger partial charge < -0.3 is 23.5 Å². The van der Waals surface area contributed by atoms with Crippen molar-refractivity contribution in [3.8, 4) is 0 Å². The fourth-order valence-electron chi connectivity index (χ4n) is 3.07. The number of aryl methyl sites for hydroxylation is 1. The molecule has 0 amide bonds. The van der Waals surface area contributed by atoms with Gasteiger partial charge in [0.2, 0.25) is 0 Å². The van der Waals surface area contributed by atoms with Crippen LogP contribution in [0.2, 0.25) is 0 Å². The average Bonchev–Trinajstić information content (AvgIpc) is 2.92. The summed E-state index contributed by atoms with van der Waals surface area (Å²) in [6.45, 7) is 2.56. The van der Waals surface area contributed by atoms with Crippen LogP contribution < -0.4 is 0 Å². The van der Waals surface area contributed by atoms with E-state index in [2.05, 4.69) is 0 Å². The lowest BCUT2D eigenvalue weighted by atomic mass is 10.1. The highest BCUT2D eigenvalue weighted by Gasteiger charge is 2.20. The first-order valence-electron chi connectivity index (χ1n) is 9.10. The van der Waals surface area contributed by atoms with Crippen LogP contribution in [0, 0.1) is 0 Å². The molecule has 0 spiro atoms. The van der Waals surface area contributed by atoms with E-state index in [1.807, 2.05) is 35.9 Å². The molecule has 1 aromatic carbocycles. The zero-order valence-corrected chi connectivity index (χ0v) is 16.8. The smallest absolute Gasteiger partial charge is 0.330 e. The quantitative estimate of drug-likeness (QED) is 0.459. The van der Waals surface area contributed by atoms with Crippen LogP contribution in [-0.4, -0.2) is 56.6 Å². The Hall–Kier alpha value is -2.64. The Labute approximate surface area is 164 Å². The monoisotopic (exact) mass is 389 g/mol. The van der Waals surface area contributed by atoms with Crippen LogP contribution in [0.15, 0.2) is 30.3 Å². The minimum Gasteiger partial charge on any atom is -0.463 e. The van der Waals surface area contributed by atoms with Gasteiger partial charge in [-0.25, -0.2) is 4.79 Å². The Morgan fingerprint density at radius 1 is 1.14 bits per heavy atom. The van der Waals surface area contributed by atoms with Crippen molar-refractivity contribution in [2.24, 2.45) is 7.05 Å². The molecule has 0 atom stereocenters. The number of ether oxygens (including phenoxy) is 4. The van der Waals surface area contributed by atoms with Crippen LogP contribution in [0.3, 0.4) is 0 Å². The first-order chi connectivity index (χ1) is 13.5. The molecule has 0 aliphatic rings. The third-order valence-corrected chi connectivity index (χ3v) is 4.26. The molecule has 7 heteroatoms. The second kappa shape index (κ2) is 10.6. The van der Waals surface area contributed by atoms with Crippen LogP contribution in [-0.2, 0) is 42.0 Å². The predicted molar refractivity (Wildman–Crippen MR) is 106 cm³/mol. The number of para-hydroxylation sites is 1. The molecule has 1 aromatic heterocycles. The normalized spacial score (nSPS) is 11.5. The maximum Gasteiger partial charge on any atom is 0.330 e. The van der Waals surface area contributed by atoms with Gasteiger partial charge in [-0.3, -0.25) is 4.79 Å². The first kappa shape index (κ1) is 21.7. The van der Waals surface area contributed by atoms with E-state index in [9.17, 15) is 9.59 Å². The van der Waals surface area contributed by atoms with Crippen molar-refractivity contribution in [2.45, 2.75) is 19.4 Å². The standard InChI is InChI=1S/C21H27NO6/c1-5-27-20(23)11-10-17-16-8-6-7-9-18(16)22(2)19(17)12-21(24)28-15(13-25-3)14-26-4/h6-11,15H,5,12-14H2,1-4H3/b11-10+. The highest BCUT2D eigenvalue weighted by atomic mass is 16.6. The molecule has 28 heavy (non-hydrogen) atoms. The van der Waals surface area contributed by atoms with Crippen molar-refractivity contribution in [1.29, 1.82) is 0 Å². The van der Waals surface area contributed by atoms with Gasteiger partial charge >= 0.3 is 11.9 Å². The number of methoxy groups -OCH3 is 2. The molecule has 2 aromatic rings. The van der Waals surface area contributed by atoms with Crippen LogP contribution in [0.1, 0.15) is 18.2 Å². The molecule has 7 nitrogen and oxygen atoms in total. The lowest BCUT2D eigenvalue weighted by Gasteiger charge is -2.16. The zero-order valence-electron chi connectivity index (χ0n) is 16.8. The molecule has 152 valence electrons. The summed E-state index contributed by atoms with van der Waals surface area (Å²) in [5, 5.41) is 0.943. The van der Waals surface area contributed by atoms with Gasteiger partial charge in [0.25, 0.3) is 0 Å². The van der Waals surface area contributed by atoms with Crippen LogP contribution in [0.4, 0.5) is 0 Å². The molecule has 0 radical (unpaired) electrons. The topological polar surface area (TPSA) is 76.0 Å². The lowest BCUT2D eigenvalue weighted by molar-refractivity contribution is -0.154. The Bertz CT molecular complexity index is 833. The Morgan fingerprint density at radius 3 is 2.46 bits per heavy atom. The highest BCUT2D eigenvalue weighted by Crippen LogP contribution is 2.27. The molecule has 0 N–H and O–H groups in total. The lowest BCUT2D eigenvalue weighted by Crippen LogP contribution is -2.28. The molecule has 0 saturated heterocycles. The number of fused-ring (bicyclic) bond motifs is 1. The van der Waals surface area contributed by atoms with E-state index in [-0.39, 0.29) is 19.6 Å². The summed E-state index contributed by atoms with van der Waals surface area (Å²) in [4.78, 5) is 24.3. The van der Waals surface area contributed by atoms with Gasteiger partial charge in [0, 0.05) is 49.5 Å². The number of esters is 2. The van der Waals surface area contributed by atoms with Gasteiger partial charge in [-0.15, -0.1) is 0 Å². The molecular weight excluding hydrogens is 362 g/mol. The van der Waals surface area contributed by atoms with Crippen molar-refractivity contribution in [1.82, 2.24) is 4.57 Å². The van der Waals surface area contributed by atoms with E-state index in [1.165, 1.54) is 6.08 Å². The van der Waals surface area contributed by atoms with Crippen molar-refractivity contribution in [3.63, 3.8) is 0 Å². The third kappa shape index (κ3) is 5.43. The number of hydrogen-bond donors (Lipinski definition) is 0. The number of hydrogen-bond acceptors (Lipinski definition) is 6. The second-order valence-electron chi connectivity index (χ2n) is 6.22. The van der Waals surface area contributed by atoms with Gasteiger partial charge in [0.15, 0.2) is 0 Å². The average molecular weight is 389 g/mol. The van der Waals surface area contributed by atoms with E-state index in [1.54, 1.807) is 27.2 Å². The van der Waals surface area contributed by atoms with Crippen molar-refractivity contribution in [2.75, 3.05) is 34.0 Å². The molecule has 0 saturated carbocycles. The van der Waals surface area contributed by atoms with Gasteiger partial charge in [0.1, 0.15) is 6.10 Å². The third-order valence-electron chi connectivity index (χ3n) is 4.26. The van der Waals surface area contributed by atoms with Gasteiger partial charge in [-0.05, 0) is 19.1 Å². The van der Waals surface area contributed by atoms with Gasteiger partial charge in [-0.2, -0.15) is 0 Å². The summed E-state index contributed by atoms with van der Waals surface area (Å²) >= 11 is 0. The van der Waals surface area contributed by atoms with Crippen molar-refractivity contribution >= 4 is 28.9 Å². The SMILES string of the molecule is CCOC(=O)/C=C/c1c(CC(=O)OC(COC)COC)n(C)c2ccccc12. The first-order valence-corrected chi connectivity index (χ1v) is 9.10. The number of rotatable bonds is 10. The summed E-state index contributed by atoms with van der Waals surface area (Å²) in [7, 11) is 4.96. The molecule has 1 heterocycles. The summed E-state index contributed by atoms with van der Waals surface area (Å²) in [6, 6.07) is 7.76. The predicted octanol–water partition coefficient (Wildman–Crippen LogP) is 2.50.